The van der Waals surface area contributed by atoms with Crippen molar-refractivity contribution in [2.75, 3.05) is 27.2 Å². The number of hydrogen-bond acceptors (Lipinski definition) is 4. The lowest BCUT2D eigenvalue weighted by Gasteiger charge is -2.38. The van der Waals surface area contributed by atoms with Crippen LogP contribution >= 0.6 is 0 Å². The molecular weight excluding hydrogens is 226 g/mol. The first-order valence-electron chi connectivity index (χ1n) is 7.10. The van der Waals surface area contributed by atoms with Crippen molar-refractivity contribution in [3.63, 3.8) is 0 Å². The van der Waals surface area contributed by atoms with Gasteiger partial charge in [-0.25, -0.2) is 0 Å². The Morgan fingerprint density at radius 2 is 2.06 bits per heavy atom. The lowest BCUT2D eigenvalue weighted by Crippen LogP contribution is -2.48. The average Bonchev–Trinajstić information content (AvgIpc) is 2.69. The van der Waals surface area contributed by atoms with E-state index in [1.54, 1.807) is 0 Å². The Labute approximate surface area is 110 Å². The fourth-order valence-electron chi connectivity index (χ4n) is 3.58. The quantitative estimate of drug-likeness (QED) is 0.815. The number of likely N-dealkylation sites (N-methyl/N-ethyl adjacent to an activating group) is 1. The van der Waals surface area contributed by atoms with Crippen molar-refractivity contribution < 1.29 is 5.11 Å². The van der Waals surface area contributed by atoms with Gasteiger partial charge >= 0.3 is 0 Å². The van der Waals surface area contributed by atoms with E-state index in [0.29, 0.717) is 12.1 Å². The predicted molar refractivity (Wildman–Crippen MR) is 71.0 cm³/mol. The molecule has 0 spiro atoms. The van der Waals surface area contributed by atoms with E-state index in [1.165, 1.54) is 12.8 Å². The van der Waals surface area contributed by atoms with Crippen molar-refractivity contribution in [1.29, 1.82) is 5.26 Å². The molecule has 4 nitrogen and oxygen atoms in total. The molecule has 1 N–H and O–H groups in total. The lowest BCUT2D eigenvalue weighted by atomic mass is 9.84. The molecule has 0 radical (unpaired) electrons. The SMILES string of the molecule is CN(C)CC1CC(O)CN1C1CCCCC1C#N. The standard InChI is InChI=1S/C14H25N3O/c1-16(2)9-12-7-13(18)10-17(12)14-6-4-3-5-11(14)8-15/h11-14,18H,3-7,9-10H2,1-2H3. The monoisotopic (exact) mass is 251 g/mol. The molecule has 0 bridgehead atoms. The summed E-state index contributed by atoms with van der Waals surface area (Å²) in [5.74, 6) is 0.161. The molecule has 1 aliphatic carbocycles. The van der Waals surface area contributed by atoms with E-state index in [-0.39, 0.29) is 12.0 Å². The maximum atomic E-state index is 9.93. The topological polar surface area (TPSA) is 50.5 Å². The maximum absolute atomic E-state index is 9.93. The van der Waals surface area contributed by atoms with Crippen LogP contribution in [0.2, 0.25) is 0 Å². The Bertz CT molecular complexity index is 313. The summed E-state index contributed by atoms with van der Waals surface area (Å²) in [6, 6.07) is 3.26. The molecule has 1 heterocycles. The van der Waals surface area contributed by atoms with Crippen molar-refractivity contribution in [2.24, 2.45) is 5.92 Å². The van der Waals surface area contributed by atoms with E-state index >= 15 is 0 Å². The smallest absolute Gasteiger partial charge is 0.0682 e. The molecule has 102 valence electrons. The third-order valence-corrected chi connectivity index (χ3v) is 4.33. The van der Waals surface area contributed by atoms with Gasteiger partial charge in [0, 0.05) is 25.2 Å². The summed E-state index contributed by atoms with van der Waals surface area (Å²) in [6.07, 6.45) is 5.20. The average molecular weight is 251 g/mol. The Morgan fingerprint density at radius 1 is 1.33 bits per heavy atom. The normalized spacial score (nSPS) is 37.9. The Kier molecular flexibility index (Phi) is 4.60. The molecule has 0 amide bonds. The van der Waals surface area contributed by atoms with Crippen LogP contribution in [0.25, 0.3) is 0 Å². The molecule has 18 heavy (non-hydrogen) atoms. The van der Waals surface area contributed by atoms with Crippen LogP contribution in [0.15, 0.2) is 0 Å². The third-order valence-electron chi connectivity index (χ3n) is 4.33. The van der Waals surface area contributed by atoms with Crippen molar-refractivity contribution in [2.45, 2.75) is 50.3 Å². The summed E-state index contributed by atoms with van der Waals surface area (Å²) in [5, 5.41) is 19.2. The molecule has 1 saturated heterocycles. The van der Waals surface area contributed by atoms with Crippen molar-refractivity contribution in [1.82, 2.24) is 9.80 Å². The Balaban J connectivity index is 2.06. The number of β-amino-alcohol motifs (C(OH)–C–C–N with tert-alkyl or cyclic N) is 1. The van der Waals surface area contributed by atoms with Crippen LogP contribution in [0.1, 0.15) is 32.1 Å². The largest absolute Gasteiger partial charge is 0.392 e. The molecule has 0 aromatic rings. The van der Waals surface area contributed by atoms with Gasteiger partial charge in [0.25, 0.3) is 0 Å². The highest BCUT2D eigenvalue weighted by atomic mass is 16.3. The van der Waals surface area contributed by atoms with Crippen molar-refractivity contribution >= 4 is 0 Å². The van der Waals surface area contributed by atoms with Gasteiger partial charge in [0.15, 0.2) is 0 Å². The lowest BCUT2D eigenvalue weighted by molar-refractivity contribution is 0.0904. The van der Waals surface area contributed by atoms with E-state index in [4.69, 9.17) is 0 Å². The van der Waals surface area contributed by atoms with E-state index in [1.807, 2.05) is 0 Å². The molecule has 4 heteroatoms. The van der Waals surface area contributed by atoms with Crippen LogP contribution in [-0.2, 0) is 0 Å². The van der Waals surface area contributed by atoms with Gasteiger partial charge in [-0.1, -0.05) is 12.8 Å². The summed E-state index contributed by atoms with van der Waals surface area (Å²) in [5.41, 5.74) is 0. The number of nitriles is 1. The number of nitrogens with zero attached hydrogens (tertiary/aromatic N) is 3. The fourth-order valence-corrected chi connectivity index (χ4v) is 3.58. The Hall–Kier alpha value is -0.630. The van der Waals surface area contributed by atoms with Gasteiger partial charge in [0.05, 0.1) is 18.1 Å². The number of hydrogen-bond donors (Lipinski definition) is 1. The van der Waals surface area contributed by atoms with Crippen LogP contribution in [0.5, 0.6) is 0 Å². The first-order valence-corrected chi connectivity index (χ1v) is 7.10. The van der Waals surface area contributed by atoms with Crippen LogP contribution in [-0.4, -0.2) is 60.3 Å². The highest BCUT2D eigenvalue weighted by molar-refractivity contribution is 5.00. The summed E-state index contributed by atoms with van der Waals surface area (Å²) < 4.78 is 0. The van der Waals surface area contributed by atoms with Crippen LogP contribution in [0, 0.1) is 17.2 Å². The van der Waals surface area contributed by atoms with Gasteiger partial charge in [-0.2, -0.15) is 5.26 Å². The molecule has 4 unspecified atom stereocenters. The fraction of sp³-hybridized carbons (Fsp3) is 0.929. The zero-order valence-corrected chi connectivity index (χ0v) is 11.5. The van der Waals surface area contributed by atoms with E-state index < -0.39 is 0 Å². The van der Waals surface area contributed by atoms with Gasteiger partial charge in [0.1, 0.15) is 0 Å². The van der Waals surface area contributed by atoms with Gasteiger partial charge in [0.2, 0.25) is 0 Å². The van der Waals surface area contributed by atoms with E-state index in [9.17, 15) is 10.4 Å². The highest BCUT2D eigenvalue weighted by Crippen LogP contribution is 2.33. The van der Waals surface area contributed by atoms with E-state index in [0.717, 1.165) is 32.4 Å². The summed E-state index contributed by atoms with van der Waals surface area (Å²) in [4.78, 5) is 4.59. The first-order chi connectivity index (χ1) is 8.61. The predicted octanol–water partition coefficient (Wildman–Crippen LogP) is 1.07. The minimum absolute atomic E-state index is 0.161. The Morgan fingerprint density at radius 3 is 2.72 bits per heavy atom. The molecule has 0 aromatic carbocycles. The van der Waals surface area contributed by atoms with Crippen LogP contribution < -0.4 is 0 Å². The van der Waals surface area contributed by atoms with Crippen molar-refractivity contribution in [3.05, 3.63) is 0 Å². The maximum Gasteiger partial charge on any atom is 0.0682 e. The zero-order chi connectivity index (χ0) is 13.1. The molecular formula is C14H25N3O. The number of likely N-dealkylation sites (tertiary alicyclic amines) is 1. The molecule has 2 aliphatic rings. The van der Waals surface area contributed by atoms with Gasteiger partial charge in [-0.05, 0) is 33.4 Å². The van der Waals surface area contributed by atoms with Gasteiger partial charge in [-0.3, -0.25) is 4.90 Å². The minimum Gasteiger partial charge on any atom is -0.392 e. The molecule has 4 atom stereocenters. The van der Waals surface area contributed by atoms with E-state index in [2.05, 4.69) is 30.0 Å². The molecule has 2 rings (SSSR count). The van der Waals surface area contributed by atoms with Gasteiger partial charge in [-0.15, -0.1) is 0 Å². The number of aliphatic hydroxyl groups excluding tert-OH is 1. The summed E-state index contributed by atoms with van der Waals surface area (Å²) in [6.45, 7) is 1.73. The second-order valence-electron chi connectivity index (χ2n) is 6.09. The number of rotatable bonds is 3. The number of aliphatic hydroxyl groups is 1. The summed E-state index contributed by atoms with van der Waals surface area (Å²) in [7, 11) is 4.15. The molecule has 1 saturated carbocycles. The first kappa shape index (κ1) is 13.8. The molecule has 0 aromatic heterocycles. The van der Waals surface area contributed by atoms with Crippen molar-refractivity contribution in [3.8, 4) is 6.07 Å². The third kappa shape index (κ3) is 3.03. The molecule has 2 fully saturated rings. The summed E-state index contributed by atoms with van der Waals surface area (Å²) >= 11 is 0. The zero-order valence-electron chi connectivity index (χ0n) is 11.5. The van der Waals surface area contributed by atoms with Crippen LogP contribution in [0.3, 0.4) is 0 Å². The highest BCUT2D eigenvalue weighted by Gasteiger charge is 2.39. The second-order valence-corrected chi connectivity index (χ2v) is 6.09. The van der Waals surface area contributed by atoms with Gasteiger partial charge < -0.3 is 10.0 Å². The van der Waals surface area contributed by atoms with Crippen LogP contribution in [0.4, 0.5) is 0 Å². The minimum atomic E-state index is -0.212. The second kappa shape index (κ2) is 6.01. The molecule has 1 aliphatic heterocycles.